The molecule has 0 bridgehead atoms. The summed E-state index contributed by atoms with van der Waals surface area (Å²) < 4.78 is 7.36. The van der Waals surface area contributed by atoms with Crippen molar-refractivity contribution in [3.05, 3.63) is 47.8 Å². The van der Waals surface area contributed by atoms with Gasteiger partial charge >= 0.3 is 0 Å². The Balaban J connectivity index is 0.00000169. The number of fused-ring (bicyclic) bond motifs is 1. The van der Waals surface area contributed by atoms with E-state index in [1.165, 1.54) is 0 Å². The molecule has 0 fully saturated rings. The van der Waals surface area contributed by atoms with Crippen LogP contribution >= 0.6 is 24.8 Å². The molecule has 3 heterocycles. The number of imidazole rings is 1. The van der Waals surface area contributed by atoms with Crippen molar-refractivity contribution in [2.75, 3.05) is 33.9 Å². The van der Waals surface area contributed by atoms with Crippen molar-refractivity contribution in [3.63, 3.8) is 0 Å². The van der Waals surface area contributed by atoms with Crippen LogP contribution in [0.25, 0.3) is 0 Å². The van der Waals surface area contributed by atoms with Crippen molar-refractivity contribution in [2.24, 2.45) is 0 Å². The maximum absolute atomic E-state index is 12.9. The van der Waals surface area contributed by atoms with Crippen LogP contribution < -0.4 is 5.32 Å². The zero-order valence-electron chi connectivity index (χ0n) is 14.9. The van der Waals surface area contributed by atoms with E-state index in [1.54, 1.807) is 25.3 Å². The number of methoxy groups -OCH3 is 1. The Bertz CT molecular complexity index is 672. The molecule has 144 valence electrons. The van der Waals surface area contributed by atoms with E-state index in [0.717, 1.165) is 37.6 Å². The first-order chi connectivity index (χ1) is 11.7. The molecular formula is C17H25Cl2N5O2. The van der Waals surface area contributed by atoms with Crippen LogP contribution in [-0.2, 0) is 17.7 Å². The van der Waals surface area contributed by atoms with Gasteiger partial charge in [-0.2, -0.15) is 0 Å². The van der Waals surface area contributed by atoms with Crippen LogP contribution in [0.2, 0.25) is 0 Å². The molecule has 1 aliphatic heterocycles. The standard InChI is InChI=1S/C17H23N5O2.2ClH/c1-21(15(12-24-2)13-5-3-4-7-19-13)17(23)14-11-22-10-9-18-8-6-16(22)20-14;;/h3-5,7,11,15,18H,6,8-10,12H2,1-2H3;2*1H. The Morgan fingerprint density at radius 3 is 2.88 bits per heavy atom. The molecule has 0 saturated carbocycles. The molecule has 7 nitrogen and oxygen atoms in total. The predicted octanol–water partition coefficient (Wildman–Crippen LogP) is 1.73. The fourth-order valence-electron chi connectivity index (χ4n) is 2.92. The van der Waals surface area contributed by atoms with E-state index >= 15 is 0 Å². The Hall–Kier alpha value is -1.67. The van der Waals surface area contributed by atoms with E-state index in [2.05, 4.69) is 19.9 Å². The first-order valence-corrected chi connectivity index (χ1v) is 8.14. The second-order valence-electron chi connectivity index (χ2n) is 5.88. The fraction of sp³-hybridized carbons (Fsp3) is 0.471. The number of likely N-dealkylation sites (N-methyl/N-ethyl adjacent to an activating group) is 1. The summed E-state index contributed by atoms with van der Waals surface area (Å²) in [5, 5.41) is 3.33. The van der Waals surface area contributed by atoms with Crippen molar-refractivity contribution in [1.29, 1.82) is 0 Å². The van der Waals surface area contributed by atoms with Crippen LogP contribution in [0.4, 0.5) is 0 Å². The number of nitrogens with zero attached hydrogens (tertiary/aromatic N) is 4. The molecule has 1 atom stereocenters. The van der Waals surface area contributed by atoms with Crippen molar-refractivity contribution >= 4 is 30.7 Å². The molecule has 0 spiro atoms. The second kappa shape index (κ2) is 10.5. The van der Waals surface area contributed by atoms with Gasteiger partial charge in [0.15, 0.2) is 0 Å². The summed E-state index contributed by atoms with van der Waals surface area (Å²) in [7, 11) is 3.40. The number of ether oxygens (including phenoxy) is 1. The van der Waals surface area contributed by atoms with Crippen LogP contribution in [0.3, 0.4) is 0 Å². The third kappa shape index (κ3) is 4.94. The molecule has 1 aliphatic rings. The molecule has 0 aliphatic carbocycles. The number of rotatable bonds is 5. The van der Waals surface area contributed by atoms with E-state index < -0.39 is 0 Å². The minimum atomic E-state index is -0.244. The summed E-state index contributed by atoms with van der Waals surface area (Å²) >= 11 is 0. The topological polar surface area (TPSA) is 72.3 Å². The molecular weight excluding hydrogens is 377 g/mol. The quantitative estimate of drug-likeness (QED) is 0.825. The van der Waals surface area contributed by atoms with E-state index in [1.807, 2.05) is 24.4 Å². The number of amides is 1. The van der Waals surface area contributed by atoms with Gasteiger partial charge in [0.2, 0.25) is 0 Å². The average Bonchev–Trinajstić information content (AvgIpc) is 2.90. The van der Waals surface area contributed by atoms with Crippen molar-refractivity contribution in [2.45, 2.75) is 19.0 Å². The maximum Gasteiger partial charge on any atom is 0.274 e. The molecule has 1 unspecified atom stereocenters. The number of nitrogens with one attached hydrogen (secondary N) is 1. The number of carbonyl (C=O) groups is 1. The molecule has 1 amide bonds. The van der Waals surface area contributed by atoms with E-state index in [9.17, 15) is 4.79 Å². The lowest BCUT2D eigenvalue weighted by Crippen LogP contribution is -2.34. The maximum atomic E-state index is 12.9. The molecule has 0 radical (unpaired) electrons. The molecule has 1 N–H and O–H groups in total. The van der Waals surface area contributed by atoms with Crippen LogP contribution in [0, 0.1) is 0 Å². The summed E-state index contributed by atoms with van der Waals surface area (Å²) in [5.74, 6) is 0.842. The minimum Gasteiger partial charge on any atom is -0.382 e. The van der Waals surface area contributed by atoms with Gasteiger partial charge in [-0.25, -0.2) is 4.98 Å². The molecule has 0 saturated heterocycles. The fourth-order valence-corrected chi connectivity index (χ4v) is 2.92. The van der Waals surface area contributed by atoms with Crippen LogP contribution in [-0.4, -0.2) is 59.2 Å². The van der Waals surface area contributed by atoms with Gasteiger partial charge < -0.3 is 19.5 Å². The van der Waals surface area contributed by atoms with E-state index in [0.29, 0.717) is 12.3 Å². The lowest BCUT2D eigenvalue weighted by atomic mass is 10.1. The average molecular weight is 402 g/mol. The number of pyridine rings is 1. The van der Waals surface area contributed by atoms with Crippen molar-refractivity contribution < 1.29 is 9.53 Å². The molecule has 0 aromatic carbocycles. The summed E-state index contributed by atoms with van der Waals surface area (Å²) in [6, 6.07) is 5.43. The summed E-state index contributed by atoms with van der Waals surface area (Å²) in [5.41, 5.74) is 1.28. The SMILES string of the molecule is COCC(c1ccccn1)N(C)C(=O)c1cn2c(n1)CCNCC2.Cl.Cl. The Kier molecular flexibility index (Phi) is 9.01. The lowest BCUT2D eigenvalue weighted by Gasteiger charge is -2.26. The first-order valence-electron chi connectivity index (χ1n) is 8.14. The highest BCUT2D eigenvalue weighted by molar-refractivity contribution is 5.92. The first kappa shape index (κ1) is 22.4. The van der Waals surface area contributed by atoms with Crippen molar-refractivity contribution in [3.8, 4) is 0 Å². The number of halogens is 2. The second-order valence-corrected chi connectivity index (χ2v) is 5.88. The molecule has 2 aromatic heterocycles. The lowest BCUT2D eigenvalue weighted by molar-refractivity contribution is 0.0590. The largest absolute Gasteiger partial charge is 0.382 e. The van der Waals surface area contributed by atoms with Gasteiger partial charge in [0.1, 0.15) is 11.5 Å². The summed E-state index contributed by atoms with van der Waals surface area (Å²) in [4.78, 5) is 23.5. The monoisotopic (exact) mass is 401 g/mol. The van der Waals surface area contributed by atoms with Gasteiger partial charge in [-0.1, -0.05) is 6.07 Å². The van der Waals surface area contributed by atoms with Gasteiger partial charge in [0.05, 0.1) is 18.3 Å². The van der Waals surface area contributed by atoms with Gasteiger partial charge in [0.25, 0.3) is 5.91 Å². The van der Waals surface area contributed by atoms with Gasteiger partial charge in [0, 0.05) is 52.6 Å². The third-order valence-electron chi connectivity index (χ3n) is 4.27. The van der Waals surface area contributed by atoms with Gasteiger partial charge in [-0.05, 0) is 12.1 Å². The normalized spacial score (nSPS) is 14.2. The molecule has 2 aromatic rings. The van der Waals surface area contributed by atoms with Gasteiger partial charge in [-0.3, -0.25) is 9.78 Å². The zero-order valence-corrected chi connectivity index (χ0v) is 16.6. The molecule has 9 heteroatoms. The van der Waals surface area contributed by atoms with Crippen molar-refractivity contribution in [1.82, 2.24) is 24.8 Å². The third-order valence-corrected chi connectivity index (χ3v) is 4.27. The van der Waals surface area contributed by atoms with E-state index in [4.69, 9.17) is 4.74 Å². The highest BCUT2D eigenvalue weighted by Gasteiger charge is 2.26. The molecule has 26 heavy (non-hydrogen) atoms. The summed E-state index contributed by atoms with van der Waals surface area (Å²) in [6.07, 6.45) is 4.41. The Morgan fingerprint density at radius 2 is 2.19 bits per heavy atom. The predicted molar refractivity (Wildman–Crippen MR) is 104 cm³/mol. The number of carbonyl (C=O) groups excluding carboxylic acids is 1. The number of hydrogen-bond acceptors (Lipinski definition) is 5. The highest BCUT2D eigenvalue weighted by atomic mass is 35.5. The number of aromatic nitrogens is 3. The highest BCUT2D eigenvalue weighted by Crippen LogP contribution is 2.20. The van der Waals surface area contributed by atoms with Crippen LogP contribution in [0.1, 0.15) is 28.0 Å². The minimum absolute atomic E-state index is 0. The smallest absolute Gasteiger partial charge is 0.274 e. The number of hydrogen-bond donors (Lipinski definition) is 1. The van der Waals surface area contributed by atoms with Gasteiger partial charge in [-0.15, -0.1) is 24.8 Å². The summed E-state index contributed by atoms with van der Waals surface area (Å²) in [6.45, 7) is 3.01. The Labute approximate surface area is 166 Å². The van der Waals surface area contributed by atoms with E-state index in [-0.39, 0.29) is 36.8 Å². The van der Waals surface area contributed by atoms with Crippen LogP contribution in [0.5, 0.6) is 0 Å². The van der Waals surface area contributed by atoms with Crippen LogP contribution in [0.15, 0.2) is 30.6 Å². The Morgan fingerprint density at radius 1 is 1.38 bits per heavy atom. The zero-order chi connectivity index (χ0) is 16.9. The molecule has 3 rings (SSSR count).